The van der Waals surface area contributed by atoms with Crippen molar-refractivity contribution in [2.24, 2.45) is 0 Å². The summed E-state index contributed by atoms with van der Waals surface area (Å²) in [4.78, 5) is 11.1. The van der Waals surface area contributed by atoms with Gasteiger partial charge in [-0.1, -0.05) is 17.7 Å². The Labute approximate surface area is 153 Å². The number of benzene rings is 1. The zero-order valence-corrected chi connectivity index (χ0v) is 15.6. The molecule has 1 aliphatic heterocycles. The zero-order valence-electron chi connectivity index (χ0n) is 14.1. The van der Waals surface area contributed by atoms with E-state index in [0.717, 1.165) is 25.9 Å². The van der Waals surface area contributed by atoms with Crippen LogP contribution in [0.25, 0.3) is 0 Å². The molecule has 1 aliphatic rings. The average Bonchev–Trinajstić information content (AvgIpc) is 2.63. The Kier molecular flexibility index (Phi) is 5.56. The monoisotopic (exact) mass is 380 g/mol. The SMILES string of the molecule is Cc1c(Cl)cccc1S(=O)(=O)NCc1ccnc(N2CCCCC2)n1. The molecule has 0 unspecified atom stereocenters. The minimum absolute atomic E-state index is 0.109. The second kappa shape index (κ2) is 7.68. The van der Waals surface area contributed by atoms with E-state index in [1.54, 1.807) is 37.4 Å². The second-order valence-corrected chi connectivity index (χ2v) is 8.23. The molecule has 0 bridgehead atoms. The van der Waals surface area contributed by atoms with Gasteiger partial charge < -0.3 is 4.90 Å². The van der Waals surface area contributed by atoms with E-state index in [9.17, 15) is 8.42 Å². The van der Waals surface area contributed by atoms with Crippen molar-refractivity contribution >= 4 is 27.6 Å². The van der Waals surface area contributed by atoms with Crippen LogP contribution in [0.3, 0.4) is 0 Å². The summed E-state index contributed by atoms with van der Waals surface area (Å²) in [6, 6.07) is 6.57. The Morgan fingerprint density at radius 1 is 1.20 bits per heavy atom. The number of sulfonamides is 1. The van der Waals surface area contributed by atoms with E-state index < -0.39 is 10.0 Å². The summed E-state index contributed by atoms with van der Waals surface area (Å²) >= 11 is 6.03. The first-order valence-electron chi connectivity index (χ1n) is 8.29. The molecule has 0 atom stereocenters. The Hall–Kier alpha value is -1.70. The highest BCUT2D eigenvalue weighted by molar-refractivity contribution is 7.89. The highest BCUT2D eigenvalue weighted by atomic mass is 35.5. The van der Waals surface area contributed by atoms with Crippen LogP contribution in [-0.4, -0.2) is 31.5 Å². The molecule has 0 spiro atoms. The first-order chi connectivity index (χ1) is 12.0. The van der Waals surface area contributed by atoms with E-state index in [-0.39, 0.29) is 11.4 Å². The van der Waals surface area contributed by atoms with Gasteiger partial charge in [0.25, 0.3) is 0 Å². The van der Waals surface area contributed by atoms with E-state index in [1.165, 1.54) is 6.42 Å². The molecule has 1 aromatic carbocycles. The summed E-state index contributed by atoms with van der Waals surface area (Å²) in [5.41, 5.74) is 1.17. The van der Waals surface area contributed by atoms with E-state index in [2.05, 4.69) is 19.6 Å². The summed E-state index contributed by atoms with van der Waals surface area (Å²) in [7, 11) is -3.66. The summed E-state index contributed by atoms with van der Waals surface area (Å²) in [6.07, 6.45) is 5.17. The number of halogens is 1. The number of anilines is 1. The summed E-state index contributed by atoms with van der Waals surface area (Å²) in [6.45, 7) is 3.68. The van der Waals surface area contributed by atoms with Gasteiger partial charge in [-0.2, -0.15) is 0 Å². The molecule has 1 fully saturated rings. The van der Waals surface area contributed by atoms with Crippen molar-refractivity contribution in [3.8, 4) is 0 Å². The lowest BCUT2D eigenvalue weighted by atomic mass is 10.1. The summed E-state index contributed by atoms with van der Waals surface area (Å²) in [5.74, 6) is 0.662. The number of nitrogens with zero attached hydrogens (tertiary/aromatic N) is 3. The van der Waals surface area contributed by atoms with E-state index in [1.807, 2.05) is 0 Å². The minimum Gasteiger partial charge on any atom is -0.341 e. The van der Waals surface area contributed by atoms with Crippen molar-refractivity contribution in [1.82, 2.24) is 14.7 Å². The predicted molar refractivity (Wildman–Crippen MR) is 98.3 cm³/mol. The van der Waals surface area contributed by atoms with Crippen LogP contribution in [0.5, 0.6) is 0 Å². The Morgan fingerprint density at radius 3 is 2.72 bits per heavy atom. The number of hydrogen-bond donors (Lipinski definition) is 1. The van der Waals surface area contributed by atoms with Gasteiger partial charge in [0.05, 0.1) is 17.1 Å². The van der Waals surface area contributed by atoms with Crippen LogP contribution in [0.4, 0.5) is 5.95 Å². The van der Waals surface area contributed by atoms with Crippen LogP contribution in [0.15, 0.2) is 35.4 Å². The topological polar surface area (TPSA) is 75.2 Å². The number of rotatable bonds is 5. The highest BCUT2D eigenvalue weighted by Gasteiger charge is 2.19. The van der Waals surface area contributed by atoms with Crippen molar-refractivity contribution in [3.05, 3.63) is 46.7 Å². The van der Waals surface area contributed by atoms with Crippen molar-refractivity contribution in [3.63, 3.8) is 0 Å². The van der Waals surface area contributed by atoms with E-state index in [0.29, 0.717) is 22.2 Å². The molecule has 6 nitrogen and oxygen atoms in total. The van der Waals surface area contributed by atoms with Gasteiger partial charge in [-0.15, -0.1) is 0 Å². The minimum atomic E-state index is -3.66. The fraction of sp³-hybridized carbons (Fsp3) is 0.412. The maximum absolute atomic E-state index is 12.5. The lowest BCUT2D eigenvalue weighted by Crippen LogP contribution is -2.31. The third kappa shape index (κ3) is 4.29. The normalized spacial score (nSPS) is 15.4. The largest absolute Gasteiger partial charge is 0.341 e. The Bertz CT molecular complexity index is 851. The van der Waals surface area contributed by atoms with Crippen molar-refractivity contribution in [1.29, 1.82) is 0 Å². The van der Waals surface area contributed by atoms with Crippen LogP contribution >= 0.6 is 11.6 Å². The van der Waals surface area contributed by atoms with Gasteiger partial charge in [0.2, 0.25) is 16.0 Å². The zero-order chi connectivity index (χ0) is 17.9. The molecule has 0 aliphatic carbocycles. The number of nitrogens with one attached hydrogen (secondary N) is 1. The standard InChI is InChI=1S/C17H21ClN4O2S/c1-13-15(18)6-5-7-16(13)25(23,24)20-12-14-8-9-19-17(21-14)22-10-3-2-4-11-22/h5-9,20H,2-4,10-12H2,1H3. The van der Waals surface area contributed by atoms with Gasteiger partial charge >= 0.3 is 0 Å². The smallest absolute Gasteiger partial charge is 0.241 e. The van der Waals surface area contributed by atoms with Crippen molar-refractivity contribution in [2.45, 2.75) is 37.6 Å². The molecular weight excluding hydrogens is 360 g/mol. The molecule has 2 heterocycles. The van der Waals surface area contributed by atoms with E-state index >= 15 is 0 Å². The number of hydrogen-bond acceptors (Lipinski definition) is 5. The van der Waals surface area contributed by atoms with Gasteiger partial charge in [-0.3, -0.25) is 0 Å². The maximum atomic E-state index is 12.5. The lowest BCUT2D eigenvalue weighted by molar-refractivity contribution is 0.565. The van der Waals surface area contributed by atoms with Gasteiger partial charge in [0.1, 0.15) is 0 Å². The molecule has 1 saturated heterocycles. The van der Waals surface area contributed by atoms with Crippen LogP contribution in [-0.2, 0) is 16.6 Å². The molecule has 1 aromatic heterocycles. The second-order valence-electron chi connectivity index (χ2n) is 6.08. The average molecular weight is 381 g/mol. The summed E-state index contributed by atoms with van der Waals surface area (Å²) < 4.78 is 27.7. The quantitative estimate of drug-likeness (QED) is 0.863. The van der Waals surface area contributed by atoms with Crippen LogP contribution < -0.4 is 9.62 Å². The van der Waals surface area contributed by atoms with Gasteiger partial charge in [0.15, 0.2) is 0 Å². The molecule has 134 valence electrons. The Balaban J connectivity index is 1.73. The van der Waals surface area contributed by atoms with E-state index in [4.69, 9.17) is 11.6 Å². The van der Waals surface area contributed by atoms with Crippen molar-refractivity contribution in [2.75, 3.05) is 18.0 Å². The van der Waals surface area contributed by atoms with Gasteiger partial charge in [-0.05, 0) is 49.9 Å². The predicted octanol–water partition coefficient (Wildman–Crippen LogP) is 2.91. The number of piperidine rings is 1. The van der Waals surface area contributed by atoms with Gasteiger partial charge in [-0.25, -0.2) is 23.1 Å². The molecule has 25 heavy (non-hydrogen) atoms. The molecule has 0 saturated carbocycles. The highest BCUT2D eigenvalue weighted by Crippen LogP contribution is 2.22. The first kappa shape index (κ1) is 18.1. The molecule has 1 N–H and O–H groups in total. The first-order valence-corrected chi connectivity index (χ1v) is 10.1. The van der Waals surface area contributed by atoms with Crippen LogP contribution in [0.2, 0.25) is 5.02 Å². The fourth-order valence-corrected chi connectivity index (χ4v) is 4.35. The molecular formula is C17H21ClN4O2S. The third-order valence-corrected chi connectivity index (χ3v) is 6.25. The van der Waals surface area contributed by atoms with Crippen LogP contribution in [0, 0.1) is 6.92 Å². The fourth-order valence-electron chi connectivity index (χ4n) is 2.85. The third-order valence-electron chi connectivity index (χ3n) is 4.29. The molecule has 0 amide bonds. The molecule has 8 heteroatoms. The Morgan fingerprint density at radius 2 is 1.96 bits per heavy atom. The molecule has 2 aromatic rings. The maximum Gasteiger partial charge on any atom is 0.241 e. The van der Waals surface area contributed by atoms with Gasteiger partial charge in [0, 0.05) is 24.3 Å². The number of aromatic nitrogens is 2. The molecule has 0 radical (unpaired) electrons. The lowest BCUT2D eigenvalue weighted by Gasteiger charge is -2.26. The van der Waals surface area contributed by atoms with Crippen LogP contribution in [0.1, 0.15) is 30.5 Å². The summed E-state index contributed by atoms with van der Waals surface area (Å²) in [5, 5.41) is 0.428. The molecule has 3 rings (SSSR count). The van der Waals surface area contributed by atoms with Crippen molar-refractivity contribution < 1.29 is 8.42 Å².